The molecule has 0 amide bonds. The molecule has 0 heterocycles. The van der Waals surface area contributed by atoms with Gasteiger partial charge in [-0.05, 0) is 61.2 Å². The summed E-state index contributed by atoms with van der Waals surface area (Å²) >= 11 is 0. The molecule has 0 aliphatic heterocycles. The number of rotatable bonds is 3. The van der Waals surface area contributed by atoms with E-state index in [1.807, 2.05) is 0 Å². The molecule has 3 saturated carbocycles. The quantitative estimate of drug-likeness (QED) is 0.568. The maximum absolute atomic E-state index is 2.69. The van der Waals surface area contributed by atoms with E-state index in [2.05, 4.69) is 13.8 Å². The highest BCUT2D eigenvalue weighted by Crippen LogP contribution is 2.58. The SMILES string of the molecule is CCC(C)(C1CCCCC1)C1CCC2CCCCC21. The number of fused-ring (bicyclic) bond motifs is 1. The molecule has 0 aromatic heterocycles. The molecule has 0 radical (unpaired) electrons. The van der Waals surface area contributed by atoms with Crippen LogP contribution in [-0.2, 0) is 0 Å². The zero-order valence-electron chi connectivity index (χ0n) is 13.3. The summed E-state index contributed by atoms with van der Waals surface area (Å²) in [5, 5.41) is 0. The molecule has 0 spiro atoms. The topological polar surface area (TPSA) is 0 Å². The lowest BCUT2D eigenvalue weighted by molar-refractivity contribution is 0.0206. The number of hydrogen-bond donors (Lipinski definition) is 0. The van der Waals surface area contributed by atoms with Gasteiger partial charge in [-0.3, -0.25) is 0 Å². The minimum absolute atomic E-state index is 0.678. The van der Waals surface area contributed by atoms with Gasteiger partial charge in [0.15, 0.2) is 0 Å². The van der Waals surface area contributed by atoms with Crippen molar-refractivity contribution >= 4 is 0 Å². The van der Waals surface area contributed by atoms with Crippen LogP contribution in [0.2, 0.25) is 0 Å². The zero-order chi connectivity index (χ0) is 13.3. The lowest BCUT2D eigenvalue weighted by Crippen LogP contribution is -2.39. The molecule has 4 atom stereocenters. The zero-order valence-corrected chi connectivity index (χ0v) is 13.3. The Labute approximate surface area is 120 Å². The van der Waals surface area contributed by atoms with Crippen LogP contribution in [0.3, 0.4) is 0 Å². The molecule has 0 bridgehead atoms. The van der Waals surface area contributed by atoms with E-state index in [1.165, 1.54) is 51.4 Å². The molecule has 3 aliphatic rings. The van der Waals surface area contributed by atoms with Gasteiger partial charge in [-0.15, -0.1) is 0 Å². The van der Waals surface area contributed by atoms with Gasteiger partial charge in [-0.2, -0.15) is 0 Å². The molecule has 110 valence electrons. The van der Waals surface area contributed by atoms with E-state index in [9.17, 15) is 0 Å². The van der Waals surface area contributed by atoms with Crippen molar-refractivity contribution in [2.45, 2.75) is 90.9 Å². The summed E-state index contributed by atoms with van der Waals surface area (Å²) in [6.07, 6.45) is 18.4. The van der Waals surface area contributed by atoms with Gasteiger partial charge in [0.1, 0.15) is 0 Å². The van der Waals surface area contributed by atoms with Crippen LogP contribution < -0.4 is 0 Å². The summed E-state index contributed by atoms with van der Waals surface area (Å²) in [5.41, 5.74) is 0.678. The Morgan fingerprint density at radius 3 is 2.21 bits per heavy atom. The van der Waals surface area contributed by atoms with Crippen LogP contribution in [-0.4, -0.2) is 0 Å². The third-order valence-corrected chi connectivity index (χ3v) is 7.48. The fourth-order valence-electron chi connectivity index (χ4n) is 6.17. The summed E-state index contributed by atoms with van der Waals surface area (Å²) in [7, 11) is 0. The predicted molar refractivity (Wildman–Crippen MR) is 83.1 cm³/mol. The minimum Gasteiger partial charge on any atom is -0.0648 e. The summed E-state index contributed by atoms with van der Waals surface area (Å²) in [6, 6.07) is 0. The molecule has 3 rings (SSSR count). The monoisotopic (exact) mass is 262 g/mol. The van der Waals surface area contributed by atoms with Crippen LogP contribution in [0.1, 0.15) is 90.9 Å². The largest absolute Gasteiger partial charge is 0.0648 e. The molecule has 0 nitrogen and oxygen atoms in total. The van der Waals surface area contributed by atoms with Crippen LogP contribution >= 0.6 is 0 Å². The van der Waals surface area contributed by atoms with Gasteiger partial charge in [0, 0.05) is 0 Å². The van der Waals surface area contributed by atoms with Crippen molar-refractivity contribution in [3.63, 3.8) is 0 Å². The van der Waals surface area contributed by atoms with Crippen molar-refractivity contribution in [3.05, 3.63) is 0 Å². The predicted octanol–water partition coefficient (Wildman–Crippen LogP) is 6.20. The van der Waals surface area contributed by atoms with Crippen molar-refractivity contribution in [1.82, 2.24) is 0 Å². The molecular formula is C19H34. The molecular weight excluding hydrogens is 228 g/mol. The van der Waals surface area contributed by atoms with Crippen molar-refractivity contribution < 1.29 is 0 Å². The molecule has 0 N–H and O–H groups in total. The highest BCUT2D eigenvalue weighted by Gasteiger charge is 2.48. The Bertz CT molecular complexity index is 286. The third-order valence-electron chi connectivity index (χ3n) is 7.48. The van der Waals surface area contributed by atoms with E-state index in [0.717, 1.165) is 23.7 Å². The second kappa shape index (κ2) is 5.78. The fourth-order valence-corrected chi connectivity index (χ4v) is 6.17. The van der Waals surface area contributed by atoms with E-state index in [-0.39, 0.29) is 0 Å². The second-order valence-corrected chi connectivity index (χ2v) is 8.09. The van der Waals surface area contributed by atoms with E-state index >= 15 is 0 Å². The van der Waals surface area contributed by atoms with Crippen LogP contribution in [0.5, 0.6) is 0 Å². The van der Waals surface area contributed by atoms with Gasteiger partial charge in [0.2, 0.25) is 0 Å². The van der Waals surface area contributed by atoms with Crippen LogP contribution in [0.25, 0.3) is 0 Å². The van der Waals surface area contributed by atoms with Crippen molar-refractivity contribution in [2.75, 3.05) is 0 Å². The fraction of sp³-hybridized carbons (Fsp3) is 1.00. The summed E-state index contributed by atoms with van der Waals surface area (Å²) in [6.45, 7) is 5.18. The van der Waals surface area contributed by atoms with Gasteiger partial charge in [0.05, 0.1) is 0 Å². The standard InChI is InChI=1S/C19H34/c1-3-19(2,16-10-5-4-6-11-16)18-14-13-15-9-7-8-12-17(15)18/h15-18H,3-14H2,1-2H3. The van der Waals surface area contributed by atoms with Gasteiger partial charge in [-0.25, -0.2) is 0 Å². The second-order valence-electron chi connectivity index (χ2n) is 8.09. The van der Waals surface area contributed by atoms with E-state index < -0.39 is 0 Å². The minimum atomic E-state index is 0.678. The molecule has 4 unspecified atom stereocenters. The van der Waals surface area contributed by atoms with Crippen LogP contribution in [0.15, 0.2) is 0 Å². The first kappa shape index (κ1) is 14.0. The molecule has 3 aliphatic carbocycles. The Morgan fingerprint density at radius 1 is 0.789 bits per heavy atom. The molecule has 0 aromatic carbocycles. The average molecular weight is 262 g/mol. The normalized spacial score (nSPS) is 39.8. The van der Waals surface area contributed by atoms with Gasteiger partial charge in [0.25, 0.3) is 0 Å². The Morgan fingerprint density at radius 2 is 1.47 bits per heavy atom. The lowest BCUT2D eigenvalue weighted by Gasteiger charge is -2.47. The molecule has 0 saturated heterocycles. The summed E-state index contributed by atoms with van der Waals surface area (Å²) in [5.74, 6) is 4.36. The summed E-state index contributed by atoms with van der Waals surface area (Å²) < 4.78 is 0. The van der Waals surface area contributed by atoms with Crippen molar-refractivity contribution in [1.29, 1.82) is 0 Å². The summed E-state index contributed by atoms with van der Waals surface area (Å²) in [4.78, 5) is 0. The first-order chi connectivity index (χ1) is 9.25. The van der Waals surface area contributed by atoms with Gasteiger partial charge in [-0.1, -0.05) is 58.8 Å². The molecule has 19 heavy (non-hydrogen) atoms. The Balaban J connectivity index is 1.76. The lowest BCUT2D eigenvalue weighted by atomic mass is 9.58. The first-order valence-corrected chi connectivity index (χ1v) is 9.25. The van der Waals surface area contributed by atoms with E-state index in [4.69, 9.17) is 0 Å². The van der Waals surface area contributed by atoms with E-state index in [0.29, 0.717) is 5.41 Å². The smallest absolute Gasteiger partial charge is 0.0269 e. The van der Waals surface area contributed by atoms with Crippen molar-refractivity contribution in [2.24, 2.45) is 29.1 Å². The van der Waals surface area contributed by atoms with Crippen molar-refractivity contribution in [3.8, 4) is 0 Å². The van der Waals surface area contributed by atoms with Gasteiger partial charge >= 0.3 is 0 Å². The maximum Gasteiger partial charge on any atom is -0.0269 e. The third kappa shape index (κ3) is 2.49. The molecule has 0 heteroatoms. The highest BCUT2D eigenvalue weighted by molar-refractivity contribution is 4.98. The Hall–Kier alpha value is 0. The van der Waals surface area contributed by atoms with E-state index in [1.54, 1.807) is 25.7 Å². The molecule has 3 fully saturated rings. The van der Waals surface area contributed by atoms with Gasteiger partial charge < -0.3 is 0 Å². The highest BCUT2D eigenvalue weighted by atomic mass is 14.5. The average Bonchev–Trinajstić information content (AvgIpc) is 2.92. The Kier molecular flexibility index (Phi) is 4.25. The number of hydrogen-bond acceptors (Lipinski definition) is 0. The van der Waals surface area contributed by atoms with Crippen LogP contribution in [0, 0.1) is 29.1 Å². The maximum atomic E-state index is 2.69. The van der Waals surface area contributed by atoms with Crippen LogP contribution in [0.4, 0.5) is 0 Å². The first-order valence-electron chi connectivity index (χ1n) is 9.25. The molecule has 0 aromatic rings.